The van der Waals surface area contributed by atoms with Crippen molar-refractivity contribution in [2.24, 2.45) is 0 Å². The predicted molar refractivity (Wildman–Crippen MR) is 99.9 cm³/mol. The monoisotopic (exact) mass is 421 g/mol. The van der Waals surface area contributed by atoms with Crippen LogP contribution in [0.3, 0.4) is 0 Å². The fourth-order valence-corrected chi connectivity index (χ4v) is 3.61. The van der Waals surface area contributed by atoms with E-state index in [-0.39, 0.29) is 5.52 Å². The third-order valence-corrected chi connectivity index (χ3v) is 5.48. The third-order valence-electron chi connectivity index (χ3n) is 5.48. The molecule has 5 nitrogen and oxygen atoms in total. The molecule has 0 radical (unpaired) electrons. The Morgan fingerprint density at radius 2 is 1.83 bits per heavy atom. The first kappa shape index (κ1) is 19.0. The van der Waals surface area contributed by atoms with Crippen LogP contribution in [0.1, 0.15) is 30.0 Å². The molecule has 0 spiro atoms. The molecule has 1 aliphatic rings. The maximum atomic E-state index is 13.4. The topological polar surface area (TPSA) is 48.5 Å². The quantitative estimate of drug-likeness (QED) is 0.428. The predicted octanol–water partition coefficient (Wildman–Crippen LogP) is 5.15. The van der Waals surface area contributed by atoms with Gasteiger partial charge in [0.05, 0.1) is 29.1 Å². The van der Waals surface area contributed by atoms with Crippen molar-refractivity contribution < 1.29 is 22.0 Å². The third kappa shape index (κ3) is 3.01. The van der Waals surface area contributed by atoms with E-state index in [1.54, 1.807) is 10.7 Å². The van der Waals surface area contributed by atoms with E-state index in [1.807, 2.05) is 13.0 Å². The second-order valence-corrected chi connectivity index (χ2v) is 7.65. The van der Waals surface area contributed by atoms with Gasteiger partial charge in [0.1, 0.15) is 6.54 Å². The van der Waals surface area contributed by atoms with Crippen molar-refractivity contribution in [1.29, 1.82) is 0 Å². The van der Waals surface area contributed by atoms with Gasteiger partial charge in [-0.1, -0.05) is 6.07 Å². The zero-order chi connectivity index (χ0) is 21.3. The lowest BCUT2D eigenvalue weighted by Crippen LogP contribution is -2.40. The molecule has 1 saturated carbocycles. The Morgan fingerprint density at radius 1 is 1.07 bits per heavy atom. The molecule has 0 amide bonds. The van der Waals surface area contributed by atoms with Crippen LogP contribution in [0, 0.1) is 6.92 Å². The van der Waals surface area contributed by atoms with Crippen LogP contribution in [0.5, 0.6) is 0 Å². The minimum absolute atomic E-state index is 0.0908. The molecule has 0 atom stereocenters. The molecule has 0 saturated heterocycles. The number of aromatic nitrogens is 5. The van der Waals surface area contributed by atoms with E-state index in [2.05, 4.69) is 27.3 Å². The number of pyridine rings is 1. The van der Waals surface area contributed by atoms with Crippen molar-refractivity contribution in [3.8, 4) is 5.82 Å². The van der Waals surface area contributed by atoms with Gasteiger partial charge >= 0.3 is 12.1 Å². The van der Waals surface area contributed by atoms with Gasteiger partial charge in [-0.2, -0.15) is 32.1 Å². The Kier molecular flexibility index (Phi) is 3.93. The number of fused-ring (bicyclic) bond motifs is 2. The number of benzene rings is 1. The first-order chi connectivity index (χ1) is 14.1. The fourth-order valence-electron chi connectivity index (χ4n) is 3.61. The van der Waals surface area contributed by atoms with E-state index in [0.29, 0.717) is 21.8 Å². The van der Waals surface area contributed by atoms with Gasteiger partial charge in [0.15, 0.2) is 5.82 Å². The molecular weight excluding hydrogens is 405 g/mol. The first-order valence-electron chi connectivity index (χ1n) is 9.40. The number of rotatable bonds is 4. The molecule has 0 aliphatic heterocycles. The van der Waals surface area contributed by atoms with E-state index in [9.17, 15) is 22.0 Å². The average molecular weight is 421 g/mol. The number of aryl methyl sites for hydroxylation is 1. The highest BCUT2D eigenvalue weighted by atomic mass is 19.4. The number of hydrogen-bond acceptors (Lipinski definition) is 3. The first-order valence-corrected chi connectivity index (χ1v) is 9.40. The maximum absolute atomic E-state index is 13.4. The van der Waals surface area contributed by atoms with Crippen molar-refractivity contribution in [2.75, 3.05) is 0 Å². The molecule has 0 N–H and O–H groups in total. The number of nitrogens with zero attached hydrogens (tertiary/aromatic N) is 5. The van der Waals surface area contributed by atoms with Crippen LogP contribution in [0.25, 0.3) is 27.6 Å². The summed E-state index contributed by atoms with van der Waals surface area (Å²) >= 11 is 0. The van der Waals surface area contributed by atoms with Crippen molar-refractivity contribution >= 4 is 21.8 Å². The molecule has 4 aromatic rings. The molecule has 0 bridgehead atoms. The van der Waals surface area contributed by atoms with Gasteiger partial charge in [-0.3, -0.25) is 4.68 Å². The van der Waals surface area contributed by atoms with E-state index in [0.717, 1.165) is 16.6 Å². The van der Waals surface area contributed by atoms with Crippen LogP contribution in [0.2, 0.25) is 0 Å². The van der Waals surface area contributed by atoms with Crippen LogP contribution >= 0.6 is 0 Å². The SMILES string of the molecule is Cc1c2cc(C3CC3)ccc2nn1-c1cc2cnn(CC(F)(F)C(F)(F)F)c2cn1. The maximum Gasteiger partial charge on any atom is 0.455 e. The van der Waals surface area contributed by atoms with Gasteiger partial charge in [0, 0.05) is 10.8 Å². The minimum Gasteiger partial charge on any atom is -0.257 e. The number of hydrogen-bond donors (Lipinski definition) is 0. The van der Waals surface area contributed by atoms with Gasteiger partial charge in [-0.25, -0.2) is 9.67 Å². The largest absolute Gasteiger partial charge is 0.455 e. The standard InChI is InChI=1S/C20H16F5N5/c1-11-15-6-13(12-2-3-12)4-5-16(15)28-30(11)18-7-14-8-27-29(17(14)9-26-18)10-19(21,22)20(23,24)25/h4-9,12H,2-3,10H2,1H3. The van der Waals surface area contributed by atoms with Crippen LogP contribution in [-0.4, -0.2) is 36.6 Å². The highest BCUT2D eigenvalue weighted by Crippen LogP contribution is 2.41. The zero-order valence-electron chi connectivity index (χ0n) is 15.8. The van der Waals surface area contributed by atoms with Gasteiger partial charge < -0.3 is 0 Å². The van der Waals surface area contributed by atoms with Crippen LogP contribution in [0.15, 0.2) is 36.7 Å². The minimum atomic E-state index is -5.65. The molecule has 10 heteroatoms. The van der Waals surface area contributed by atoms with Gasteiger partial charge in [-0.15, -0.1) is 0 Å². The Hall–Kier alpha value is -3.04. The van der Waals surface area contributed by atoms with Crippen LogP contribution in [-0.2, 0) is 6.54 Å². The second kappa shape index (κ2) is 6.23. The molecule has 30 heavy (non-hydrogen) atoms. The highest BCUT2D eigenvalue weighted by molar-refractivity contribution is 5.84. The second-order valence-electron chi connectivity index (χ2n) is 7.65. The summed E-state index contributed by atoms with van der Waals surface area (Å²) in [5.74, 6) is -3.85. The van der Waals surface area contributed by atoms with Gasteiger partial charge in [-0.05, 0) is 49.4 Å². The summed E-state index contributed by atoms with van der Waals surface area (Å²) < 4.78 is 66.6. The molecule has 1 fully saturated rings. The van der Waals surface area contributed by atoms with Crippen molar-refractivity contribution in [3.05, 3.63) is 47.9 Å². The summed E-state index contributed by atoms with van der Waals surface area (Å²) in [5, 5.41) is 9.67. The molecule has 3 heterocycles. The molecule has 0 unspecified atom stereocenters. The average Bonchev–Trinajstić information content (AvgIpc) is 3.39. The normalized spacial score (nSPS) is 15.4. The molecular formula is C20H16F5N5. The van der Waals surface area contributed by atoms with E-state index >= 15 is 0 Å². The van der Waals surface area contributed by atoms with Crippen molar-refractivity contribution in [3.63, 3.8) is 0 Å². The zero-order valence-corrected chi connectivity index (χ0v) is 15.8. The Balaban J connectivity index is 1.52. The Labute approximate surface area is 167 Å². The summed E-state index contributed by atoms with van der Waals surface area (Å²) in [5.41, 5.74) is 3.04. The summed E-state index contributed by atoms with van der Waals surface area (Å²) in [7, 11) is 0. The lowest BCUT2D eigenvalue weighted by molar-refractivity contribution is -0.287. The van der Waals surface area contributed by atoms with E-state index < -0.39 is 18.6 Å². The molecule has 1 aliphatic carbocycles. The van der Waals surface area contributed by atoms with Crippen LogP contribution in [0.4, 0.5) is 22.0 Å². The Morgan fingerprint density at radius 3 is 2.53 bits per heavy atom. The fraction of sp³-hybridized carbons (Fsp3) is 0.350. The Bertz CT molecular complexity index is 1270. The molecule has 5 rings (SSSR count). The number of alkyl halides is 5. The van der Waals surface area contributed by atoms with Crippen LogP contribution < -0.4 is 0 Å². The van der Waals surface area contributed by atoms with E-state index in [4.69, 9.17) is 0 Å². The summed E-state index contributed by atoms with van der Waals surface area (Å²) in [6, 6.07) is 7.73. The molecule has 1 aromatic carbocycles. The highest BCUT2D eigenvalue weighted by Gasteiger charge is 2.57. The summed E-state index contributed by atoms with van der Waals surface area (Å²) in [4.78, 5) is 4.24. The molecule has 3 aromatic heterocycles. The number of halogens is 5. The summed E-state index contributed by atoms with van der Waals surface area (Å²) in [6.07, 6.45) is -0.783. The van der Waals surface area contributed by atoms with Crippen molar-refractivity contribution in [1.82, 2.24) is 24.5 Å². The lowest BCUT2D eigenvalue weighted by Gasteiger charge is -2.19. The molecule has 156 valence electrons. The van der Waals surface area contributed by atoms with Gasteiger partial charge in [0.2, 0.25) is 0 Å². The van der Waals surface area contributed by atoms with Crippen molar-refractivity contribution in [2.45, 2.75) is 44.3 Å². The van der Waals surface area contributed by atoms with E-state index in [1.165, 1.54) is 30.8 Å². The lowest BCUT2D eigenvalue weighted by atomic mass is 10.1. The smallest absolute Gasteiger partial charge is 0.257 e. The van der Waals surface area contributed by atoms with Gasteiger partial charge in [0.25, 0.3) is 0 Å². The summed E-state index contributed by atoms with van der Waals surface area (Å²) in [6.45, 7) is 0.306.